The Hall–Kier alpha value is -1.44. The van der Waals surface area contributed by atoms with Crippen LogP contribution in [0.1, 0.15) is 69.9 Å². The maximum absolute atomic E-state index is 11.7. The van der Waals surface area contributed by atoms with Crippen LogP contribution < -0.4 is 10.7 Å². The number of piperazine rings is 1. The highest BCUT2D eigenvalue weighted by Crippen LogP contribution is 2.66. The molecule has 0 aromatic carbocycles. The molecule has 2 heterocycles. The van der Waals surface area contributed by atoms with Crippen LogP contribution in [0.15, 0.2) is 6.08 Å². The predicted octanol–water partition coefficient (Wildman–Crippen LogP) is 4.49. The van der Waals surface area contributed by atoms with Gasteiger partial charge in [-0.1, -0.05) is 31.3 Å². The van der Waals surface area contributed by atoms with Crippen molar-refractivity contribution in [1.82, 2.24) is 15.3 Å². The van der Waals surface area contributed by atoms with Gasteiger partial charge in [-0.3, -0.25) is 10.2 Å². The Labute approximate surface area is 201 Å². The molecule has 6 nitrogen and oxygen atoms in total. The molecule has 1 saturated heterocycles. The molecular weight excluding hydrogens is 432 g/mol. The first-order chi connectivity index (χ1) is 15.9. The SMILES string of the molecule is CC(=O)O[C@H]1CC[C@H]2[C@@H]3CC=C4c5sc(NN6CCNCC6)nc5CC[C@]4(C)[C@H]3CC[C@]12C. The number of allylic oxidation sites excluding steroid dienone is 2. The van der Waals surface area contributed by atoms with Crippen LogP contribution >= 0.6 is 11.3 Å². The third-order valence-electron chi connectivity index (χ3n) is 9.88. The highest BCUT2D eigenvalue weighted by Gasteiger charge is 2.59. The summed E-state index contributed by atoms with van der Waals surface area (Å²) >= 11 is 1.87. The summed E-state index contributed by atoms with van der Waals surface area (Å²) < 4.78 is 5.83. The number of hydrazine groups is 1. The molecule has 0 amide bonds. The van der Waals surface area contributed by atoms with Crippen LogP contribution in [0.4, 0.5) is 5.13 Å². The highest BCUT2D eigenvalue weighted by molar-refractivity contribution is 7.16. The zero-order valence-electron chi connectivity index (χ0n) is 20.3. The second kappa shape index (κ2) is 8.06. The highest BCUT2D eigenvalue weighted by atomic mass is 32.1. The van der Waals surface area contributed by atoms with Gasteiger partial charge < -0.3 is 10.1 Å². The van der Waals surface area contributed by atoms with Crippen molar-refractivity contribution < 1.29 is 9.53 Å². The van der Waals surface area contributed by atoms with Gasteiger partial charge in [-0.2, -0.15) is 0 Å². The number of carbonyl (C=O) groups excluding carboxylic acids is 1. The smallest absolute Gasteiger partial charge is 0.302 e. The van der Waals surface area contributed by atoms with E-state index >= 15 is 0 Å². The fourth-order valence-corrected chi connectivity index (χ4v) is 9.40. The van der Waals surface area contributed by atoms with E-state index in [-0.39, 0.29) is 22.9 Å². The van der Waals surface area contributed by atoms with Gasteiger partial charge in [0.2, 0.25) is 0 Å². The Bertz CT molecular complexity index is 969. The van der Waals surface area contributed by atoms with E-state index in [9.17, 15) is 4.79 Å². The van der Waals surface area contributed by atoms with E-state index in [4.69, 9.17) is 9.72 Å². The Morgan fingerprint density at radius 3 is 2.82 bits per heavy atom. The summed E-state index contributed by atoms with van der Waals surface area (Å²) in [4.78, 5) is 18.2. The number of rotatable bonds is 3. The summed E-state index contributed by atoms with van der Waals surface area (Å²) in [7, 11) is 0. The van der Waals surface area contributed by atoms with Crippen molar-refractivity contribution >= 4 is 28.0 Å². The third-order valence-corrected chi connectivity index (χ3v) is 10.9. The molecule has 180 valence electrons. The standard InChI is InChI=1S/C26H38N4O2S/c1-16(31)32-22-7-6-18-17-4-5-20-23-21(28-24(33-23)29-30-14-12-27-13-15-30)9-11-25(20,2)19(17)8-10-26(18,22)3/h5,17-19,22,27H,4,6-15H2,1-3H3,(H,28,29)/t17-,18-,19-,22-,25+,26-/m0/s1. The van der Waals surface area contributed by atoms with Crippen LogP contribution in [0.5, 0.6) is 0 Å². The molecule has 4 aliphatic carbocycles. The lowest BCUT2D eigenvalue weighted by molar-refractivity contribution is -0.156. The number of nitrogens with one attached hydrogen (secondary N) is 2. The van der Waals surface area contributed by atoms with Crippen molar-refractivity contribution in [2.75, 3.05) is 31.6 Å². The number of aryl methyl sites for hydroxylation is 1. The second-order valence-electron chi connectivity index (χ2n) is 11.5. The summed E-state index contributed by atoms with van der Waals surface area (Å²) in [5.74, 6) is 2.00. The zero-order valence-corrected chi connectivity index (χ0v) is 21.1. The van der Waals surface area contributed by atoms with Crippen LogP contribution in [0.25, 0.3) is 5.57 Å². The van der Waals surface area contributed by atoms with Gasteiger partial charge in [-0.15, -0.1) is 0 Å². The molecule has 0 unspecified atom stereocenters. The first-order valence-corrected chi connectivity index (χ1v) is 13.8. The average Bonchev–Trinajstić information content (AvgIpc) is 3.34. The lowest BCUT2D eigenvalue weighted by Crippen LogP contribution is -2.50. The Morgan fingerprint density at radius 1 is 1.21 bits per heavy atom. The van der Waals surface area contributed by atoms with Gasteiger partial charge in [0.25, 0.3) is 0 Å². The summed E-state index contributed by atoms with van der Waals surface area (Å²) in [6.45, 7) is 10.6. The topological polar surface area (TPSA) is 66.5 Å². The fourth-order valence-electron chi connectivity index (χ4n) is 8.18. The van der Waals surface area contributed by atoms with Crippen molar-refractivity contribution in [2.45, 2.75) is 71.8 Å². The van der Waals surface area contributed by atoms with Gasteiger partial charge in [0.15, 0.2) is 5.13 Å². The summed E-state index contributed by atoms with van der Waals surface area (Å²) in [6, 6.07) is 0. The predicted molar refractivity (Wildman–Crippen MR) is 132 cm³/mol. The molecule has 1 aliphatic heterocycles. The maximum atomic E-state index is 11.7. The van der Waals surface area contributed by atoms with Crippen LogP contribution in [-0.2, 0) is 16.0 Å². The summed E-state index contributed by atoms with van der Waals surface area (Å²) in [6.07, 6.45) is 10.8. The number of hydrogen-bond acceptors (Lipinski definition) is 7. The van der Waals surface area contributed by atoms with Gasteiger partial charge in [0, 0.05) is 38.5 Å². The van der Waals surface area contributed by atoms with Crippen molar-refractivity contribution in [3.63, 3.8) is 0 Å². The average molecular weight is 471 g/mol. The molecule has 6 rings (SSSR count). The molecule has 7 heteroatoms. The molecule has 33 heavy (non-hydrogen) atoms. The molecule has 6 atom stereocenters. The van der Waals surface area contributed by atoms with Gasteiger partial charge in [0.1, 0.15) is 6.10 Å². The Kier molecular flexibility index (Phi) is 5.39. The van der Waals surface area contributed by atoms with Crippen molar-refractivity contribution in [3.05, 3.63) is 16.6 Å². The molecule has 3 fully saturated rings. The Morgan fingerprint density at radius 2 is 2.03 bits per heavy atom. The Balaban J connectivity index is 1.26. The molecular formula is C26H38N4O2S. The first kappa shape index (κ1) is 22.1. The van der Waals surface area contributed by atoms with E-state index in [2.05, 4.69) is 35.7 Å². The zero-order chi connectivity index (χ0) is 22.8. The van der Waals surface area contributed by atoms with Gasteiger partial charge in [-0.05, 0) is 73.7 Å². The second-order valence-corrected chi connectivity index (χ2v) is 12.5. The minimum absolute atomic E-state index is 0.109. The van der Waals surface area contributed by atoms with Crippen molar-refractivity contribution in [2.24, 2.45) is 28.6 Å². The van der Waals surface area contributed by atoms with E-state index in [1.54, 1.807) is 12.5 Å². The first-order valence-electron chi connectivity index (χ1n) is 13.0. The summed E-state index contributed by atoms with van der Waals surface area (Å²) in [5, 5.41) is 6.78. The van der Waals surface area contributed by atoms with Crippen molar-refractivity contribution in [3.8, 4) is 0 Å². The van der Waals surface area contributed by atoms with E-state index in [1.165, 1.54) is 42.7 Å². The molecule has 1 aromatic rings. The maximum Gasteiger partial charge on any atom is 0.302 e. The number of anilines is 1. The molecule has 0 radical (unpaired) electrons. The van der Waals surface area contributed by atoms with Crippen LogP contribution in [0, 0.1) is 28.6 Å². The number of esters is 1. The largest absolute Gasteiger partial charge is 0.462 e. The van der Waals surface area contributed by atoms with Gasteiger partial charge in [-0.25, -0.2) is 9.99 Å². The third kappa shape index (κ3) is 3.49. The number of nitrogens with zero attached hydrogens (tertiary/aromatic N) is 2. The molecule has 2 N–H and O–H groups in total. The number of thiazole rings is 1. The lowest BCUT2D eigenvalue weighted by Gasteiger charge is -2.56. The number of aromatic nitrogens is 1. The quantitative estimate of drug-likeness (QED) is 0.635. The van der Waals surface area contributed by atoms with Gasteiger partial charge >= 0.3 is 5.97 Å². The van der Waals surface area contributed by atoms with Crippen LogP contribution in [0.2, 0.25) is 0 Å². The van der Waals surface area contributed by atoms with E-state index in [0.717, 1.165) is 50.1 Å². The normalized spacial score (nSPS) is 40.2. The van der Waals surface area contributed by atoms with Crippen LogP contribution in [-0.4, -0.2) is 48.2 Å². The minimum Gasteiger partial charge on any atom is -0.462 e. The molecule has 5 aliphatic rings. The number of ether oxygens (including phenoxy) is 1. The van der Waals surface area contributed by atoms with Gasteiger partial charge in [0.05, 0.1) is 10.6 Å². The monoisotopic (exact) mass is 470 g/mol. The molecule has 0 spiro atoms. The molecule has 2 saturated carbocycles. The molecule has 0 bridgehead atoms. The number of fused-ring (bicyclic) bond motifs is 7. The number of carbonyl (C=O) groups is 1. The van der Waals surface area contributed by atoms with Crippen LogP contribution in [0.3, 0.4) is 0 Å². The van der Waals surface area contributed by atoms with Crippen molar-refractivity contribution in [1.29, 1.82) is 0 Å². The van der Waals surface area contributed by atoms with E-state index in [1.807, 2.05) is 11.3 Å². The fraction of sp³-hybridized carbons (Fsp3) is 0.769. The lowest BCUT2D eigenvalue weighted by atomic mass is 9.48. The van der Waals surface area contributed by atoms with E-state index < -0.39 is 0 Å². The minimum atomic E-state index is -0.114. The molecule has 1 aromatic heterocycles. The number of hydrogen-bond donors (Lipinski definition) is 2. The summed E-state index contributed by atoms with van der Waals surface area (Å²) in [5.41, 5.74) is 6.87. The van der Waals surface area contributed by atoms with E-state index in [0.29, 0.717) is 11.8 Å².